The van der Waals surface area contributed by atoms with E-state index in [1.54, 1.807) is 12.1 Å². The number of hydrogen-bond donors (Lipinski definition) is 3. The van der Waals surface area contributed by atoms with Gasteiger partial charge in [-0.05, 0) is 35.4 Å². The maximum absolute atomic E-state index is 13.1. The topological polar surface area (TPSA) is 117 Å². The monoisotopic (exact) mass is 390 g/mol. The summed E-state index contributed by atoms with van der Waals surface area (Å²) in [6.45, 7) is -2.98. The van der Waals surface area contributed by atoms with Gasteiger partial charge in [0, 0.05) is 12.7 Å². The maximum Gasteiger partial charge on any atom is 0.409 e. The second kappa shape index (κ2) is 7.14. The Hall–Kier alpha value is -3.69. The maximum atomic E-state index is 13.1. The van der Waals surface area contributed by atoms with Crippen molar-refractivity contribution in [1.82, 2.24) is 4.90 Å². The van der Waals surface area contributed by atoms with E-state index in [0.29, 0.717) is 11.1 Å². The second-order valence-electron chi connectivity index (χ2n) is 5.96. The first-order valence-corrected chi connectivity index (χ1v) is 8.03. The lowest BCUT2D eigenvalue weighted by molar-refractivity contribution is -0.129. The number of amides is 2. The fourth-order valence-corrected chi connectivity index (χ4v) is 3.01. The third-order valence-electron chi connectivity index (χ3n) is 4.27. The standard InChI is InChI=1S/C18H16F2N4O4/c1-24-14(25)18(23-16(24)21,10-5-7-13(8-6-10)28-15(19)20)11-3-2-4-12(9-11)22-17(26)27/h2-9,15,22H,1H3,(H2,21,23)(H,26,27). The molecule has 1 heterocycles. The highest BCUT2D eigenvalue weighted by atomic mass is 19.3. The number of alkyl halides is 2. The Morgan fingerprint density at radius 1 is 1.25 bits per heavy atom. The smallest absolute Gasteiger partial charge is 0.409 e. The van der Waals surface area contributed by atoms with Crippen LogP contribution in [0.4, 0.5) is 19.3 Å². The van der Waals surface area contributed by atoms with E-state index in [4.69, 9.17) is 10.8 Å². The Labute approximate surface area is 158 Å². The van der Waals surface area contributed by atoms with E-state index in [1.165, 1.54) is 48.3 Å². The van der Waals surface area contributed by atoms with E-state index >= 15 is 0 Å². The molecule has 1 aliphatic heterocycles. The van der Waals surface area contributed by atoms with Crippen molar-refractivity contribution < 1.29 is 28.2 Å². The number of benzene rings is 2. The van der Waals surface area contributed by atoms with E-state index in [0.717, 1.165) is 0 Å². The van der Waals surface area contributed by atoms with Crippen LogP contribution in [0.3, 0.4) is 0 Å². The quantitative estimate of drug-likeness (QED) is 0.725. The number of ether oxygens (including phenoxy) is 1. The molecule has 1 unspecified atom stereocenters. The highest BCUT2D eigenvalue weighted by molar-refractivity contribution is 6.09. The lowest BCUT2D eigenvalue weighted by Crippen LogP contribution is -2.41. The summed E-state index contributed by atoms with van der Waals surface area (Å²) in [6, 6.07) is 11.6. The van der Waals surface area contributed by atoms with Crippen LogP contribution >= 0.6 is 0 Å². The van der Waals surface area contributed by atoms with Crippen molar-refractivity contribution in [1.29, 1.82) is 0 Å². The van der Waals surface area contributed by atoms with E-state index in [1.807, 2.05) is 0 Å². The molecule has 0 saturated heterocycles. The number of anilines is 1. The molecule has 0 fully saturated rings. The van der Waals surface area contributed by atoms with Crippen molar-refractivity contribution in [3.8, 4) is 5.75 Å². The molecule has 2 amide bonds. The highest BCUT2D eigenvalue weighted by Crippen LogP contribution is 2.40. The van der Waals surface area contributed by atoms with E-state index in [2.05, 4.69) is 15.0 Å². The molecule has 28 heavy (non-hydrogen) atoms. The minimum atomic E-state index is -2.98. The summed E-state index contributed by atoms with van der Waals surface area (Å²) in [4.78, 5) is 29.5. The molecular weight excluding hydrogens is 374 g/mol. The van der Waals surface area contributed by atoms with Gasteiger partial charge in [0.15, 0.2) is 11.5 Å². The minimum Gasteiger partial charge on any atom is -0.465 e. The number of nitrogens with two attached hydrogens (primary N) is 1. The molecule has 0 radical (unpaired) electrons. The van der Waals surface area contributed by atoms with Crippen molar-refractivity contribution in [2.24, 2.45) is 10.7 Å². The Morgan fingerprint density at radius 3 is 2.46 bits per heavy atom. The number of likely N-dealkylation sites (N-methyl/N-ethyl adjacent to an activating group) is 1. The van der Waals surface area contributed by atoms with Gasteiger partial charge in [-0.3, -0.25) is 15.0 Å². The Morgan fingerprint density at radius 2 is 1.93 bits per heavy atom. The third-order valence-corrected chi connectivity index (χ3v) is 4.27. The van der Waals surface area contributed by atoms with Gasteiger partial charge in [0.1, 0.15) is 5.75 Å². The number of nitrogens with zero attached hydrogens (tertiary/aromatic N) is 2. The lowest BCUT2D eigenvalue weighted by atomic mass is 9.82. The van der Waals surface area contributed by atoms with Crippen molar-refractivity contribution in [3.63, 3.8) is 0 Å². The minimum absolute atomic E-state index is 0.0329. The largest absolute Gasteiger partial charge is 0.465 e. The summed E-state index contributed by atoms with van der Waals surface area (Å²) >= 11 is 0. The van der Waals surface area contributed by atoms with Crippen LogP contribution in [-0.2, 0) is 10.3 Å². The summed E-state index contributed by atoms with van der Waals surface area (Å²) < 4.78 is 29.1. The number of hydrogen-bond acceptors (Lipinski definition) is 5. The van der Waals surface area contributed by atoms with E-state index in [-0.39, 0.29) is 17.4 Å². The molecule has 2 aromatic carbocycles. The van der Waals surface area contributed by atoms with Crippen molar-refractivity contribution in [3.05, 3.63) is 59.7 Å². The summed E-state index contributed by atoms with van der Waals surface area (Å²) in [7, 11) is 1.45. The SMILES string of the molecule is CN1C(=O)C(c2ccc(OC(F)F)cc2)(c2cccc(NC(=O)O)c2)N=C1N. The molecule has 0 spiro atoms. The molecule has 0 bridgehead atoms. The predicted molar refractivity (Wildman–Crippen MR) is 96.3 cm³/mol. The predicted octanol–water partition coefficient (Wildman–Crippen LogP) is 2.41. The molecule has 3 rings (SSSR count). The van der Waals surface area contributed by atoms with E-state index < -0.39 is 24.2 Å². The van der Waals surface area contributed by atoms with Gasteiger partial charge in [0.25, 0.3) is 5.91 Å². The average Bonchev–Trinajstić information content (AvgIpc) is 2.86. The summed E-state index contributed by atoms with van der Waals surface area (Å²) in [5.41, 5.74) is 5.22. The number of rotatable bonds is 5. The fourth-order valence-electron chi connectivity index (χ4n) is 3.01. The third kappa shape index (κ3) is 3.31. The Balaban J connectivity index is 2.13. The zero-order valence-electron chi connectivity index (χ0n) is 14.6. The van der Waals surface area contributed by atoms with E-state index in [9.17, 15) is 18.4 Å². The van der Waals surface area contributed by atoms with Crippen molar-refractivity contribution in [2.75, 3.05) is 12.4 Å². The summed E-state index contributed by atoms with van der Waals surface area (Å²) in [5.74, 6) is -0.583. The van der Waals surface area contributed by atoms with Gasteiger partial charge in [-0.15, -0.1) is 0 Å². The highest BCUT2D eigenvalue weighted by Gasteiger charge is 2.49. The van der Waals surface area contributed by atoms with Gasteiger partial charge < -0.3 is 15.6 Å². The molecule has 146 valence electrons. The molecular formula is C18H16F2N4O4. The molecule has 10 heteroatoms. The van der Waals surface area contributed by atoms with Crippen LogP contribution in [0.25, 0.3) is 0 Å². The molecule has 0 aliphatic carbocycles. The zero-order valence-corrected chi connectivity index (χ0v) is 14.6. The molecule has 0 aromatic heterocycles. The van der Waals surface area contributed by atoms with Crippen LogP contribution in [0.15, 0.2) is 53.5 Å². The molecule has 0 saturated carbocycles. The van der Waals surface area contributed by atoms with Gasteiger partial charge in [-0.2, -0.15) is 8.78 Å². The van der Waals surface area contributed by atoms with Crippen LogP contribution < -0.4 is 15.8 Å². The van der Waals surface area contributed by atoms with Gasteiger partial charge in [0.05, 0.1) is 0 Å². The van der Waals surface area contributed by atoms with Gasteiger partial charge in [-0.1, -0.05) is 24.3 Å². The number of carboxylic acid groups (broad SMARTS) is 1. The summed E-state index contributed by atoms with van der Waals surface area (Å²) in [6.07, 6.45) is -1.27. The number of carbonyl (C=O) groups is 2. The second-order valence-corrected chi connectivity index (χ2v) is 5.96. The van der Waals surface area contributed by atoms with Crippen LogP contribution in [-0.4, -0.2) is 41.6 Å². The lowest BCUT2D eigenvalue weighted by Gasteiger charge is -2.26. The van der Waals surface area contributed by atoms with Crippen LogP contribution in [0.2, 0.25) is 0 Å². The van der Waals surface area contributed by atoms with Gasteiger partial charge >= 0.3 is 12.7 Å². The first-order valence-electron chi connectivity index (χ1n) is 8.03. The number of aliphatic imine (C=N–C) groups is 1. The zero-order chi connectivity index (χ0) is 20.5. The molecule has 1 atom stereocenters. The van der Waals surface area contributed by atoms with Crippen LogP contribution in [0.1, 0.15) is 11.1 Å². The number of carbonyl (C=O) groups excluding carboxylic acids is 1. The van der Waals surface area contributed by atoms with Crippen LogP contribution in [0.5, 0.6) is 5.75 Å². The fraction of sp³-hybridized carbons (Fsp3) is 0.167. The first kappa shape index (κ1) is 19.1. The molecule has 2 aromatic rings. The number of guanidine groups is 1. The number of halogens is 2. The molecule has 1 aliphatic rings. The van der Waals surface area contributed by atoms with Gasteiger partial charge in [0.2, 0.25) is 0 Å². The van der Waals surface area contributed by atoms with Crippen molar-refractivity contribution in [2.45, 2.75) is 12.2 Å². The molecule has 8 nitrogen and oxygen atoms in total. The first-order chi connectivity index (χ1) is 13.2. The van der Waals surface area contributed by atoms with Gasteiger partial charge in [-0.25, -0.2) is 9.79 Å². The Bertz CT molecular complexity index is 949. The number of nitrogens with one attached hydrogen (secondary N) is 1. The van der Waals surface area contributed by atoms with Crippen molar-refractivity contribution >= 4 is 23.6 Å². The Kier molecular flexibility index (Phi) is 4.87. The summed E-state index contributed by atoms with van der Waals surface area (Å²) in [5, 5.41) is 11.1. The molecule has 4 N–H and O–H groups in total. The average molecular weight is 390 g/mol. The normalized spacial score (nSPS) is 18.9. The van der Waals surface area contributed by atoms with Crippen LogP contribution in [0, 0.1) is 0 Å².